The van der Waals surface area contributed by atoms with Crippen LogP contribution in [0.4, 0.5) is 10.1 Å². The zero-order chi connectivity index (χ0) is 22.1. The average molecular weight is 481 g/mol. The Balaban J connectivity index is 1.34. The predicted molar refractivity (Wildman–Crippen MR) is 115 cm³/mol. The summed E-state index contributed by atoms with van der Waals surface area (Å²) >= 11 is 12.9. The maximum atomic E-state index is 13.2. The van der Waals surface area contributed by atoms with Gasteiger partial charge in [-0.15, -0.1) is 5.10 Å². The minimum atomic E-state index is -0.653. The van der Waals surface area contributed by atoms with E-state index in [4.69, 9.17) is 27.9 Å². The highest BCUT2D eigenvalue weighted by Crippen LogP contribution is 2.33. The van der Waals surface area contributed by atoms with Gasteiger partial charge in [0, 0.05) is 17.1 Å². The maximum absolute atomic E-state index is 13.2. The van der Waals surface area contributed by atoms with Gasteiger partial charge in [0.25, 0.3) is 5.91 Å². The van der Waals surface area contributed by atoms with Gasteiger partial charge in [-0.25, -0.2) is 9.37 Å². The summed E-state index contributed by atoms with van der Waals surface area (Å²) in [5.74, 6) is -0.350. The molecule has 2 heterocycles. The number of hydrogen-bond donors (Lipinski definition) is 1. The van der Waals surface area contributed by atoms with Gasteiger partial charge >= 0.3 is 0 Å². The fourth-order valence-electron chi connectivity index (χ4n) is 2.87. The Bertz CT molecular complexity index is 1190. The number of anilines is 1. The van der Waals surface area contributed by atoms with E-state index < -0.39 is 17.0 Å². The number of halogens is 3. The summed E-state index contributed by atoms with van der Waals surface area (Å²) in [7, 11) is 0. The van der Waals surface area contributed by atoms with Crippen LogP contribution in [0, 0.1) is 12.7 Å². The number of thioether (sulfide) groups is 1. The Hall–Kier alpha value is -2.62. The molecule has 7 nitrogen and oxygen atoms in total. The Morgan fingerprint density at radius 1 is 1.26 bits per heavy atom. The lowest BCUT2D eigenvalue weighted by Crippen LogP contribution is -2.25. The van der Waals surface area contributed by atoms with E-state index in [2.05, 4.69) is 15.4 Å². The lowest BCUT2D eigenvalue weighted by molar-refractivity contribution is -0.116. The molecule has 1 N–H and O–H groups in total. The third-order valence-electron chi connectivity index (χ3n) is 4.42. The molecular weight excluding hydrogens is 466 g/mol. The predicted octanol–water partition coefficient (Wildman–Crippen LogP) is 4.75. The van der Waals surface area contributed by atoms with Crippen molar-refractivity contribution in [3.8, 4) is 5.75 Å². The Labute approximate surface area is 190 Å². The van der Waals surface area contributed by atoms with E-state index in [-0.39, 0.29) is 24.0 Å². The van der Waals surface area contributed by atoms with Gasteiger partial charge in [0.15, 0.2) is 11.0 Å². The van der Waals surface area contributed by atoms with Crippen LogP contribution in [-0.4, -0.2) is 31.8 Å². The fourth-order valence-corrected chi connectivity index (χ4v) is 4.25. The van der Waals surface area contributed by atoms with Crippen LogP contribution in [0.2, 0.25) is 10.0 Å². The summed E-state index contributed by atoms with van der Waals surface area (Å²) in [5, 5.41) is 7.08. The van der Waals surface area contributed by atoms with Crippen LogP contribution < -0.4 is 10.1 Å². The van der Waals surface area contributed by atoms with Crippen LogP contribution in [-0.2, 0) is 11.4 Å². The Morgan fingerprint density at radius 3 is 2.77 bits per heavy atom. The molecule has 0 aliphatic carbocycles. The number of aromatic nitrogens is 3. The molecule has 0 saturated carbocycles. The van der Waals surface area contributed by atoms with Gasteiger partial charge in [-0.2, -0.15) is 4.68 Å². The summed E-state index contributed by atoms with van der Waals surface area (Å²) in [6.07, 6.45) is -0.0839. The van der Waals surface area contributed by atoms with Crippen LogP contribution in [0.1, 0.15) is 22.6 Å². The molecule has 0 saturated heterocycles. The van der Waals surface area contributed by atoms with E-state index in [1.54, 1.807) is 18.2 Å². The van der Waals surface area contributed by atoms with Gasteiger partial charge in [0.1, 0.15) is 23.4 Å². The van der Waals surface area contributed by atoms with Crippen molar-refractivity contribution >= 4 is 52.5 Å². The van der Waals surface area contributed by atoms with E-state index in [1.165, 1.54) is 16.8 Å². The van der Waals surface area contributed by atoms with E-state index in [0.717, 1.165) is 23.4 Å². The van der Waals surface area contributed by atoms with Gasteiger partial charge in [0.2, 0.25) is 5.91 Å². The number of carbonyl (C=O) groups excluding carboxylic acids is 2. The van der Waals surface area contributed by atoms with Crippen LogP contribution in [0.3, 0.4) is 0 Å². The third kappa shape index (κ3) is 4.84. The smallest absolute Gasteiger partial charge is 0.263 e. The second-order valence-corrected chi connectivity index (χ2v) is 8.73. The van der Waals surface area contributed by atoms with Crippen LogP contribution >= 0.6 is 35.0 Å². The molecule has 11 heteroatoms. The molecule has 4 rings (SSSR count). The van der Waals surface area contributed by atoms with Crippen molar-refractivity contribution in [3.05, 3.63) is 63.6 Å². The van der Waals surface area contributed by atoms with E-state index in [0.29, 0.717) is 27.4 Å². The largest absolute Gasteiger partial charge is 0.486 e. The first-order valence-corrected chi connectivity index (χ1v) is 10.7. The molecule has 31 heavy (non-hydrogen) atoms. The van der Waals surface area contributed by atoms with Crippen molar-refractivity contribution in [1.29, 1.82) is 0 Å². The molecule has 0 bridgehead atoms. The highest BCUT2D eigenvalue weighted by molar-refractivity contribution is 8.00. The first-order chi connectivity index (χ1) is 14.8. The monoisotopic (exact) mass is 480 g/mol. The van der Waals surface area contributed by atoms with Gasteiger partial charge in [-0.3, -0.25) is 9.59 Å². The number of aryl methyl sites for hydroxylation is 1. The van der Waals surface area contributed by atoms with Crippen LogP contribution in [0.5, 0.6) is 5.75 Å². The second-order valence-electron chi connectivity index (χ2n) is 6.75. The number of carbonyl (C=O) groups is 2. The Kier molecular flexibility index (Phi) is 6.17. The van der Waals surface area contributed by atoms with Crippen LogP contribution in [0.15, 0.2) is 41.6 Å². The highest BCUT2D eigenvalue weighted by Gasteiger charge is 2.36. The fraction of sp³-hybridized carbons (Fsp3) is 0.200. The van der Waals surface area contributed by atoms with Gasteiger partial charge in [0.05, 0.1) is 5.02 Å². The molecule has 3 aromatic rings. The molecular formula is C20H15Cl2FN4O3S. The number of nitrogens with zero attached hydrogens (tertiary/aromatic N) is 3. The first kappa shape index (κ1) is 21.6. The minimum Gasteiger partial charge on any atom is -0.486 e. The van der Waals surface area contributed by atoms with Crippen molar-refractivity contribution in [2.24, 2.45) is 0 Å². The average Bonchev–Trinajstić information content (AvgIpc) is 3.24. The summed E-state index contributed by atoms with van der Waals surface area (Å²) in [4.78, 5) is 29.2. The van der Waals surface area contributed by atoms with Crippen molar-refractivity contribution in [2.75, 3.05) is 5.32 Å². The van der Waals surface area contributed by atoms with Crippen molar-refractivity contribution in [1.82, 2.24) is 14.8 Å². The Morgan fingerprint density at radius 2 is 2.06 bits per heavy atom. The highest BCUT2D eigenvalue weighted by atomic mass is 35.5. The molecule has 0 spiro atoms. The molecule has 0 fully saturated rings. The van der Waals surface area contributed by atoms with Crippen molar-refractivity contribution < 1.29 is 18.7 Å². The lowest BCUT2D eigenvalue weighted by Gasteiger charge is -2.09. The summed E-state index contributed by atoms with van der Waals surface area (Å²) < 4.78 is 20.1. The number of fused-ring (bicyclic) bond motifs is 1. The zero-order valence-corrected chi connectivity index (χ0v) is 18.4. The van der Waals surface area contributed by atoms with Gasteiger partial charge < -0.3 is 10.1 Å². The summed E-state index contributed by atoms with van der Waals surface area (Å²) in [5.41, 5.74) is 1.23. The van der Waals surface area contributed by atoms with E-state index in [1.807, 2.05) is 6.92 Å². The molecule has 1 amide bonds. The normalized spacial score (nSPS) is 15.1. The topological polar surface area (TPSA) is 86.1 Å². The number of benzene rings is 2. The molecule has 1 aliphatic heterocycles. The van der Waals surface area contributed by atoms with Crippen molar-refractivity contribution in [2.45, 2.75) is 30.4 Å². The SMILES string of the molecule is Cc1cc(OCc2nc3n(n2)C(=O)C(CC(=O)Nc2ccc(F)c(Cl)c2)S3)ccc1Cl. The molecule has 1 atom stereocenters. The van der Waals surface area contributed by atoms with E-state index in [9.17, 15) is 14.0 Å². The number of hydrogen-bond acceptors (Lipinski definition) is 6. The third-order valence-corrected chi connectivity index (χ3v) is 6.27. The quantitative estimate of drug-likeness (QED) is 0.547. The number of rotatable bonds is 6. The number of nitrogens with one attached hydrogen (secondary N) is 1. The molecule has 2 aromatic carbocycles. The number of amides is 1. The van der Waals surface area contributed by atoms with Crippen molar-refractivity contribution in [3.63, 3.8) is 0 Å². The molecule has 1 unspecified atom stereocenters. The standard InChI is InChI=1S/C20H15Cl2FN4O3S/c1-10-6-12(3-4-13(10)21)30-9-17-25-20-27(26-17)19(29)16(31-20)8-18(28)24-11-2-5-15(23)14(22)7-11/h2-7,16H,8-9H2,1H3,(H,24,28). The molecule has 0 radical (unpaired) electrons. The van der Waals surface area contributed by atoms with E-state index >= 15 is 0 Å². The minimum absolute atomic E-state index is 0.0839. The molecule has 1 aliphatic rings. The van der Waals surface area contributed by atoms with Gasteiger partial charge in [-0.1, -0.05) is 35.0 Å². The van der Waals surface area contributed by atoms with Crippen LogP contribution in [0.25, 0.3) is 0 Å². The van der Waals surface area contributed by atoms with Gasteiger partial charge in [-0.05, 0) is 48.9 Å². The number of ether oxygens (including phenoxy) is 1. The second kappa shape index (κ2) is 8.86. The zero-order valence-electron chi connectivity index (χ0n) is 16.1. The summed E-state index contributed by atoms with van der Waals surface area (Å²) in [6.45, 7) is 1.96. The lowest BCUT2D eigenvalue weighted by atomic mass is 10.2. The molecule has 160 valence electrons. The summed E-state index contributed by atoms with van der Waals surface area (Å²) in [6, 6.07) is 9.13. The first-order valence-electron chi connectivity index (χ1n) is 9.11. The molecule has 1 aromatic heterocycles. The maximum Gasteiger partial charge on any atom is 0.263 e.